The normalized spacial score (nSPS) is 14.4. The Morgan fingerprint density at radius 3 is 2.00 bits per heavy atom. The van der Waals surface area contributed by atoms with Gasteiger partial charge < -0.3 is 4.79 Å². The Bertz CT molecular complexity index is 82.4. The highest BCUT2D eigenvalue weighted by atomic mass is 31.1. The fourth-order valence-electron chi connectivity index (χ4n) is 0.304. The molecule has 0 N–H and O–H groups in total. The third kappa shape index (κ3) is 2.17. The van der Waals surface area contributed by atoms with Gasteiger partial charge >= 0.3 is 0 Å². The molecule has 0 fully saturated rings. The minimum absolute atomic E-state index is 0.0644. The van der Waals surface area contributed by atoms with E-state index in [0.717, 1.165) is 6.29 Å². The highest BCUT2D eigenvalue weighted by Crippen LogP contribution is 2.12. The summed E-state index contributed by atoms with van der Waals surface area (Å²) in [6, 6.07) is 0. The third-order valence-electron chi connectivity index (χ3n) is 0.944. The standard InChI is InChI=1S/C5H9O2P/c1-4(2)5(3-6)8-7/h3-5H,1-2H3. The predicted octanol–water partition coefficient (Wildman–Crippen LogP) is 1.50. The highest BCUT2D eigenvalue weighted by molar-refractivity contribution is 7.26. The van der Waals surface area contributed by atoms with Gasteiger partial charge in [-0.2, -0.15) is 0 Å². The summed E-state index contributed by atoms with van der Waals surface area (Å²) in [6.07, 6.45) is 0.721. The Kier molecular flexibility index (Phi) is 3.63. The summed E-state index contributed by atoms with van der Waals surface area (Å²) in [7, 11) is -0.0644. The van der Waals surface area contributed by atoms with E-state index in [1.807, 2.05) is 13.8 Å². The van der Waals surface area contributed by atoms with Gasteiger partial charge in [-0.3, -0.25) is 4.57 Å². The molecular formula is C5H9O2P. The van der Waals surface area contributed by atoms with E-state index < -0.39 is 0 Å². The van der Waals surface area contributed by atoms with Crippen molar-refractivity contribution in [2.45, 2.75) is 19.5 Å². The molecule has 0 radical (unpaired) electrons. The van der Waals surface area contributed by atoms with Crippen LogP contribution in [0.5, 0.6) is 0 Å². The molecule has 0 aromatic carbocycles. The van der Waals surface area contributed by atoms with Crippen molar-refractivity contribution in [3.05, 3.63) is 0 Å². The maximum absolute atomic E-state index is 10.0. The van der Waals surface area contributed by atoms with Crippen LogP contribution in [0.1, 0.15) is 13.8 Å². The molecule has 0 heterocycles. The molecule has 0 aliphatic heterocycles. The second-order valence-corrected chi connectivity index (χ2v) is 2.78. The molecule has 8 heavy (non-hydrogen) atoms. The first-order chi connectivity index (χ1) is 3.72. The van der Waals surface area contributed by atoms with E-state index in [1.165, 1.54) is 0 Å². The molecule has 1 atom stereocenters. The van der Waals surface area contributed by atoms with E-state index in [1.54, 1.807) is 0 Å². The molecule has 2 nitrogen and oxygen atoms in total. The van der Waals surface area contributed by atoms with Crippen molar-refractivity contribution in [3.8, 4) is 0 Å². The van der Waals surface area contributed by atoms with Crippen LogP contribution in [0.4, 0.5) is 0 Å². The van der Waals surface area contributed by atoms with E-state index in [9.17, 15) is 9.36 Å². The molecule has 46 valence electrons. The van der Waals surface area contributed by atoms with Crippen LogP contribution in [0.2, 0.25) is 0 Å². The molecule has 0 amide bonds. The maximum atomic E-state index is 10.0. The molecule has 0 aromatic heterocycles. The molecule has 0 rings (SSSR count). The average Bonchev–Trinajstić information content (AvgIpc) is 1.69. The zero-order valence-electron chi connectivity index (χ0n) is 5.00. The number of carbonyl (C=O) groups excluding carboxylic acids is 1. The van der Waals surface area contributed by atoms with Crippen molar-refractivity contribution in [3.63, 3.8) is 0 Å². The second kappa shape index (κ2) is 3.73. The van der Waals surface area contributed by atoms with Gasteiger partial charge in [0.25, 0.3) is 0 Å². The van der Waals surface area contributed by atoms with Crippen molar-refractivity contribution in [1.82, 2.24) is 0 Å². The lowest BCUT2D eigenvalue weighted by molar-refractivity contribution is -0.108. The minimum Gasteiger partial charge on any atom is -0.302 e. The number of hydrogen-bond acceptors (Lipinski definition) is 2. The van der Waals surface area contributed by atoms with E-state index in [-0.39, 0.29) is 20.0 Å². The summed E-state index contributed by atoms with van der Waals surface area (Å²) in [6.45, 7) is 3.73. The number of aldehydes is 1. The van der Waals surface area contributed by atoms with Crippen LogP contribution in [0.3, 0.4) is 0 Å². The second-order valence-electron chi connectivity index (χ2n) is 1.98. The zero-order valence-corrected chi connectivity index (χ0v) is 5.89. The molecule has 1 unspecified atom stereocenters. The third-order valence-corrected chi connectivity index (χ3v) is 1.91. The van der Waals surface area contributed by atoms with E-state index in [2.05, 4.69) is 0 Å². The Morgan fingerprint density at radius 1 is 1.50 bits per heavy atom. The molecule has 0 aromatic rings. The van der Waals surface area contributed by atoms with Gasteiger partial charge in [-0.15, -0.1) is 0 Å². The highest BCUT2D eigenvalue weighted by Gasteiger charge is 2.10. The van der Waals surface area contributed by atoms with Crippen LogP contribution in [-0.2, 0) is 9.36 Å². The van der Waals surface area contributed by atoms with Crippen LogP contribution in [0.15, 0.2) is 0 Å². The summed E-state index contributed by atoms with van der Waals surface area (Å²) < 4.78 is 10.0. The molecule has 0 aliphatic rings. The summed E-state index contributed by atoms with van der Waals surface area (Å²) in [5.74, 6) is 0.187. The van der Waals surface area contributed by atoms with Gasteiger partial charge in [0.15, 0.2) is 8.46 Å². The Morgan fingerprint density at radius 2 is 2.00 bits per heavy atom. The van der Waals surface area contributed by atoms with E-state index >= 15 is 0 Å². The zero-order chi connectivity index (χ0) is 6.57. The number of hydrogen-bond donors (Lipinski definition) is 0. The Labute approximate surface area is 50.5 Å². The van der Waals surface area contributed by atoms with Crippen LogP contribution >= 0.6 is 8.46 Å². The number of rotatable bonds is 3. The summed E-state index contributed by atoms with van der Waals surface area (Å²) in [5, 5.41) is 0. The molecule has 3 heteroatoms. The van der Waals surface area contributed by atoms with Gasteiger partial charge in [0.1, 0.15) is 6.29 Å². The molecule has 0 spiro atoms. The molecule has 0 bridgehead atoms. The van der Waals surface area contributed by atoms with Crippen LogP contribution in [0.25, 0.3) is 0 Å². The van der Waals surface area contributed by atoms with Gasteiger partial charge in [-0.25, -0.2) is 0 Å². The van der Waals surface area contributed by atoms with Gasteiger partial charge in [0.2, 0.25) is 0 Å². The van der Waals surface area contributed by atoms with Gasteiger partial charge in [0, 0.05) is 0 Å². The summed E-state index contributed by atoms with van der Waals surface area (Å²) >= 11 is 0. The first kappa shape index (κ1) is 7.77. The van der Waals surface area contributed by atoms with Gasteiger partial charge in [-0.1, -0.05) is 13.8 Å². The van der Waals surface area contributed by atoms with Crippen LogP contribution < -0.4 is 0 Å². The first-order valence-corrected chi connectivity index (χ1v) is 3.38. The van der Waals surface area contributed by atoms with Gasteiger partial charge in [0.05, 0.1) is 5.66 Å². The smallest absolute Gasteiger partial charge is 0.166 e. The van der Waals surface area contributed by atoms with E-state index in [0.29, 0.717) is 0 Å². The SMILES string of the molecule is CC(C)C(C=O)P=O. The fraction of sp³-hybridized carbons (Fsp3) is 0.800. The lowest BCUT2D eigenvalue weighted by Crippen LogP contribution is -2.08. The number of carbonyl (C=O) groups is 1. The van der Waals surface area contributed by atoms with Crippen molar-refractivity contribution in [2.75, 3.05) is 0 Å². The Balaban J connectivity index is 3.68. The van der Waals surface area contributed by atoms with Gasteiger partial charge in [-0.05, 0) is 5.92 Å². The topological polar surface area (TPSA) is 34.1 Å². The predicted molar refractivity (Wildman–Crippen MR) is 32.3 cm³/mol. The Hall–Kier alpha value is -0.230. The quantitative estimate of drug-likeness (QED) is 0.430. The largest absolute Gasteiger partial charge is 0.302 e. The average molecular weight is 132 g/mol. The lowest BCUT2D eigenvalue weighted by Gasteiger charge is -2.01. The minimum atomic E-state index is -0.310. The van der Waals surface area contributed by atoms with Crippen molar-refractivity contribution < 1.29 is 9.36 Å². The lowest BCUT2D eigenvalue weighted by atomic mass is 10.1. The fourth-order valence-corrected chi connectivity index (χ4v) is 0.597. The van der Waals surface area contributed by atoms with Crippen molar-refractivity contribution in [1.29, 1.82) is 0 Å². The molecular weight excluding hydrogens is 123 g/mol. The van der Waals surface area contributed by atoms with E-state index in [4.69, 9.17) is 0 Å². The van der Waals surface area contributed by atoms with Crippen LogP contribution in [0, 0.1) is 5.92 Å². The summed E-state index contributed by atoms with van der Waals surface area (Å²) in [5.41, 5.74) is -0.310. The molecule has 0 saturated heterocycles. The van der Waals surface area contributed by atoms with Crippen LogP contribution in [-0.4, -0.2) is 11.9 Å². The summed E-state index contributed by atoms with van der Waals surface area (Å²) in [4.78, 5) is 9.97. The van der Waals surface area contributed by atoms with Crippen molar-refractivity contribution >= 4 is 14.7 Å². The molecule has 0 saturated carbocycles. The first-order valence-electron chi connectivity index (χ1n) is 2.50. The van der Waals surface area contributed by atoms with Crippen molar-refractivity contribution in [2.24, 2.45) is 5.92 Å². The monoisotopic (exact) mass is 132 g/mol. The molecule has 0 aliphatic carbocycles. The maximum Gasteiger partial charge on any atom is 0.166 e.